The van der Waals surface area contributed by atoms with E-state index < -0.39 is 0 Å². The highest BCUT2D eigenvalue weighted by molar-refractivity contribution is 7.10. The van der Waals surface area contributed by atoms with Crippen molar-refractivity contribution in [1.82, 2.24) is 25.5 Å². The maximum atomic E-state index is 4.20. The summed E-state index contributed by atoms with van der Waals surface area (Å²) in [5.74, 6) is 1.51. The van der Waals surface area contributed by atoms with Crippen LogP contribution in [-0.2, 0) is 12.0 Å². The minimum absolute atomic E-state index is 0.0239. The molecule has 0 amide bonds. The molecule has 6 heteroatoms. The average molecular weight is 307 g/mol. The lowest BCUT2D eigenvalue weighted by Gasteiger charge is -2.24. The van der Waals surface area contributed by atoms with Crippen LogP contribution in [0, 0.1) is 5.92 Å². The molecule has 0 saturated carbocycles. The first-order valence-electron chi connectivity index (χ1n) is 7.43. The number of hydrogen-bond donors (Lipinski definition) is 1. The molecule has 0 fully saturated rings. The molecule has 0 aromatic carbocycles. The normalized spacial score (nSPS) is 13.8. The van der Waals surface area contributed by atoms with Crippen LogP contribution >= 0.6 is 11.3 Å². The first kappa shape index (κ1) is 16.1. The molecule has 0 saturated heterocycles. The summed E-state index contributed by atoms with van der Waals surface area (Å²) < 4.78 is 1.93. The SMILES string of the molecule is CC(C)CNC(C)c1nnnn1CC(C)(C)c1cccs1. The molecule has 2 rings (SSSR count). The quantitative estimate of drug-likeness (QED) is 0.854. The fourth-order valence-corrected chi connectivity index (χ4v) is 3.10. The zero-order valence-electron chi connectivity index (χ0n) is 13.5. The standard InChI is InChI=1S/C15H25N5S/c1-11(2)9-16-12(3)14-17-18-19-20(14)10-15(4,5)13-7-6-8-21-13/h6-8,11-12,16H,9-10H2,1-5H3. The van der Waals surface area contributed by atoms with Crippen LogP contribution < -0.4 is 5.32 Å². The summed E-state index contributed by atoms with van der Waals surface area (Å²) in [6, 6.07) is 4.42. The highest BCUT2D eigenvalue weighted by Crippen LogP contribution is 2.29. The Morgan fingerprint density at radius 2 is 2.10 bits per heavy atom. The minimum atomic E-state index is 0.0239. The zero-order valence-corrected chi connectivity index (χ0v) is 14.3. The molecule has 21 heavy (non-hydrogen) atoms. The summed E-state index contributed by atoms with van der Waals surface area (Å²) in [5.41, 5.74) is 0.0239. The third kappa shape index (κ3) is 4.11. The Morgan fingerprint density at radius 1 is 1.33 bits per heavy atom. The molecule has 2 aromatic rings. The van der Waals surface area contributed by atoms with Gasteiger partial charge in [-0.25, -0.2) is 4.68 Å². The Bertz CT molecular complexity index is 544. The third-order valence-electron chi connectivity index (χ3n) is 3.51. The van der Waals surface area contributed by atoms with Crippen molar-refractivity contribution in [3.05, 3.63) is 28.2 Å². The molecule has 1 atom stereocenters. The van der Waals surface area contributed by atoms with E-state index in [1.54, 1.807) is 11.3 Å². The van der Waals surface area contributed by atoms with Gasteiger partial charge in [0, 0.05) is 10.3 Å². The van der Waals surface area contributed by atoms with Gasteiger partial charge >= 0.3 is 0 Å². The van der Waals surface area contributed by atoms with E-state index in [9.17, 15) is 0 Å². The maximum absolute atomic E-state index is 4.20. The van der Waals surface area contributed by atoms with E-state index in [4.69, 9.17) is 0 Å². The molecule has 0 radical (unpaired) electrons. The van der Waals surface area contributed by atoms with Crippen LogP contribution in [-0.4, -0.2) is 26.8 Å². The van der Waals surface area contributed by atoms with Crippen molar-refractivity contribution in [3.8, 4) is 0 Å². The van der Waals surface area contributed by atoms with Crippen molar-refractivity contribution in [3.63, 3.8) is 0 Å². The molecule has 116 valence electrons. The number of tetrazole rings is 1. The molecule has 0 spiro atoms. The molecule has 1 unspecified atom stereocenters. The summed E-state index contributed by atoms with van der Waals surface area (Å²) in [7, 11) is 0. The van der Waals surface area contributed by atoms with Gasteiger partial charge in [0.05, 0.1) is 12.6 Å². The molecule has 0 aliphatic rings. The van der Waals surface area contributed by atoms with Gasteiger partial charge in [-0.15, -0.1) is 16.4 Å². The van der Waals surface area contributed by atoms with Crippen LogP contribution in [0.2, 0.25) is 0 Å². The number of aromatic nitrogens is 4. The maximum Gasteiger partial charge on any atom is 0.167 e. The fourth-order valence-electron chi connectivity index (χ4n) is 2.25. The molecule has 1 N–H and O–H groups in total. The van der Waals surface area contributed by atoms with E-state index in [0.717, 1.165) is 18.9 Å². The van der Waals surface area contributed by atoms with Gasteiger partial charge < -0.3 is 5.32 Å². The van der Waals surface area contributed by atoms with Gasteiger partial charge in [0.2, 0.25) is 0 Å². The molecule has 5 nitrogen and oxygen atoms in total. The number of thiophene rings is 1. The van der Waals surface area contributed by atoms with E-state index in [1.165, 1.54) is 4.88 Å². The Labute approximate surface area is 130 Å². The summed E-state index contributed by atoms with van der Waals surface area (Å²) in [5, 5.41) is 17.8. The molecule has 0 bridgehead atoms. The van der Waals surface area contributed by atoms with Crippen molar-refractivity contribution < 1.29 is 0 Å². The van der Waals surface area contributed by atoms with Crippen LogP contribution in [0.25, 0.3) is 0 Å². The Morgan fingerprint density at radius 3 is 2.71 bits per heavy atom. The number of nitrogens with one attached hydrogen (secondary N) is 1. The van der Waals surface area contributed by atoms with Crippen LogP contribution in [0.4, 0.5) is 0 Å². The van der Waals surface area contributed by atoms with Gasteiger partial charge in [-0.3, -0.25) is 0 Å². The second-order valence-electron chi connectivity index (χ2n) is 6.58. The van der Waals surface area contributed by atoms with Gasteiger partial charge in [0.15, 0.2) is 5.82 Å². The molecule has 2 heterocycles. The van der Waals surface area contributed by atoms with Crippen molar-refractivity contribution in [2.75, 3.05) is 6.54 Å². The summed E-state index contributed by atoms with van der Waals surface area (Å²) in [4.78, 5) is 1.35. The van der Waals surface area contributed by atoms with Crippen molar-refractivity contribution in [1.29, 1.82) is 0 Å². The van der Waals surface area contributed by atoms with Gasteiger partial charge in [-0.1, -0.05) is 33.8 Å². The highest BCUT2D eigenvalue weighted by Gasteiger charge is 2.25. The molecular weight excluding hydrogens is 282 g/mol. The van der Waals surface area contributed by atoms with E-state index in [0.29, 0.717) is 5.92 Å². The summed E-state index contributed by atoms with van der Waals surface area (Å²) in [6.45, 7) is 12.7. The number of nitrogens with zero attached hydrogens (tertiary/aromatic N) is 4. The average Bonchev–Trinajstić information content (AvgIpc) is 3.06. The molecule has 0 aliphatic carbocycles. The third-order valence-corrected chi connectivity index (χ3v) is 4.75. The summed E-state index contributed by atoms with van der Waals surface area (Å²) >= 11 is 1.78. The zero-order chi connectivity index (χ0) is 15.5. The van der Waals surface area contributed by atoms with Crippen LogP contribution in [0.5, 0.6) is 0 Å². The number of rotatable bonds is 7. The smallest absolute Gasteiger partial charge is 0.167 e. The highest BCUT2D eigenvalue weighted by atomic mass is 32.1. The van der Waals surface area contributed by atoms with Crippen LogP contribution in [0.3, 0.4) is 0 Å². The van der Waals surface area contributed by atoms with Crippen molar-refractivity contribution >= 4 is 11.3 Å². The lowest BCUT2D eigenvalue weighted by atomic mass is 9.91. The monoisotopic (exact) mass is 307 g/mol. The van der Waals surface area contributed by atoms with E-state index in [-0.39, 0.29) is 11.5 Å². The largest absolute Gasteiger partial charge is 0.307 e. The Balaban J connectivity index is 2.10. The molecule has 0 aliphatic heterocycles. The molecular formula is C15H25N5S. The van der Waals surface area contributed by atoms with Gasteiger partial charge in [-0.2, -0.15) is 0 Å². The summed E-state index contributed by atoms with van der Waals surface area (Å²) in [6.07, 6.45) is 0. The van der Waals surface area contributed by atoms with Gasteiger partial charge in [0.25, 0.3) is 0 Å². The van der Waals surface area contributed by atoms with Crippen LogP contribution in [0.15, 0.2) is 17.5 Å². The second kappa shape index (κ2) is 6.66. The lowest BCUT2D eigenvalue weighted by molar-refractivity contribution is 0.379. The van der Waals surface area contributed by atoms with Crippen molar-refractivity contribution in [2.45, 2.75) is 52.6 Å². The van der Waals surface area contributed by atoms with E-state index >= 15 is 0 Å². The first-order chi connectivity index (χ1) is 9.90. The topological polar surface area (TPSA) is 55.6 Å². The van der Waals surface area contributed by atoms with E-state index in [2.05, 4.69) is 73.0 Å². The Kier molecular flexibility index (Phi) is 5.11. The second-order valence-corrected chi connectivity index (χ2v) is 7.53. The predicted molar refractivity (Wildman–Crippen MR) is 86.4 cm³/mol. The number of hydrogen-bond acceptors (Lipinski definition) is 5. The lowest BCUT2D eigenvalue weighted by Crippen LogP contribution is -2.30. The van der Waals surface area contributed by atoms with Gasteiger partial charge in [-0.05, 0) is 41.3 Å². The minimum Gasteiger partial charge on any atom is -0.307 e. The van der Waals surface area contributed by atoms with Crippen LogP contribution in [0.1, 0.15) is 51.4 Å². The van der Waals surface area contributed by atoms with Gasteiger partial charge in [0.1, 0.15) is 0 Å². The van der Waals surface area contributed by atoms with Crippen molar-refractivity contribution in [2.24, 2.45) is 5.92 Å². The van der Waals surface area contributed by atoms with E-state index in [1.807, 2.05) is 4.68 Å². The molecule has 2 aromatic heterocycles. The first-order valence-corrected chi connectivity index (χ1v) is 8.31. The Hall–Kier alpha value is -1.27. The fraction of sp³-hybridized carbons (Fsp3) is 0.667. The predicted octanol–water partition coefficient (Wildman–Crippen LogP) is 3.02.